The van der Waals surface area contributed by atoms with E-state index in [1.807, 2.05) is 5.38 Å². The van der Waals surface area contributed by atoms with Gasteiger partial charge in [0.2, 0.25) is 5.91 Å². The Bertz CT molecular complexity index is 450. The van der Waals surface area contributed by atoms with E-state index in [0.29, 0.717) is 22.9 Å². The van der Waals surface area contributed by atoms with Crippen LogP contribution in [-0.4, -0.2) is 17.4 Å². The molecular weight excluding hydrogens is 270 g/mol. The molecule has 4 nitrogen and oxygen atoms in total. The van der Waals surface area contributed by atoms with E-state index in [0.717, 1.165) is 12.2 Å². The molecule has 0 saturated heterocycles. The highest BCUT2D eigenvalue weighted by molar-refractivity contribution is 7.13. The van der Waals surface area contributed by atoms with E-state index in [-0.39, 0.29) is 5.91 Å². The van der Waals surface area contributed by atoms with Gasteiger partial charge in [0, 0.05) is 11.9 Å². The summed E-state index contributed by atoms with van der Waals surface area (Å²) in [4.78, 5) is 16.2. The van der Waals surface area contributed by atoms with Gasteiger partial charge in [0.1, 0.15) is 0 Å². The smallest absolute Gasteiger partial charge is 0.226 e. The lowest BCUT2D eigenvalue weighted by molar-refractivity contribution is -0.121. The lowest BCUT2D eigenvalue weighted by Crippen LogP contribution is -2.37. The molecule has 0 spiro atoms. The van der Waals surface area contributed by atoms with Crippen molar-refractivity contribution in [2.75, 3.05) is 12.3 Å². The fraction of sp³-hybridized carbons (Fsp3) is 0.733. The maximum atomic E-state index is 12.0. The third-order valence-corrected chi connectivity index (χ3v) is 4.80. The minimum atomic E-state index is 0.0605. The second-order valence-corrected chi connectivity index (χ2v) is 7.33. The first kappa shape index (κ1) is 15.3. The quantitative estimate of drug-likeness (QED) is 0.847. The van der Waals surface area contributed by atoms with Crippen molar-refractivity contribution in [3.63, 3.8) is 0 Å². The highest BCUT2D eigenvalue weighted by Gasteiger charge is 2.34. The van der Waals surface area contributed by atoms with Gasteiger partial charge in [0.05, 0.1) is 12.1 Å². The lowest BCUT2D eigenvalue weighted by Gasteiger charge is -2.31. The molecule has 1 aliphatic rings. The molecule has 0 aliphatic heterocycles. The summed E-state index contributed by atoms with van der Waals surface area (Å²) >= 11 is 1.38. The molecule has 0 atom stereocenters. The summed E-state index contributed by atoms with van der Waals surface area (Å²) in [6, 6.07) is 0. The van der Waals surface area contributed by atoms with Gasteiger partial charge in [-0.05, 0) is 30.6 Å². The van der Waals surface area contributed by atoms with Crippen LogP contribution in [0.4, 0.5) is 5.13 Å². The van der Waals surface area contributed by atoms with Gasteiger partial charge < -0.3 is 11.1 Å². The summed E-state index contributed by atoms with van der Waals surface area (Å²) < 4.78 is 0. The van der Waals surface area contributed by atoms with Crippen LogP contribution in [0.3, 0.4) is 0 Å². The predicted octanol–water partition coefficient (Wildman–Crippen LogP) is 2.99. The van der Waals surface area contributed by atoms with Crippen LogP contribution in [0.2, 0.25) is 0 Å². The number of hydrogen-bond donors (Lipinski definition) is 2. The number of nitrogens with one attached hydrogen (secondary N) is 1. The van der Waals surface area contributed by atoms with Gasteiger partial charge in [-0.2, -0.15) is 0 Å². The minimum absolute atomic E-state index is 0.0605. The van der Waals surface area contributed by atoms with Gasteiger partial charge >= 0.3 is 0 Å². The van der Waals surface area contributed by atoms with Gasteiger partial charge in [0.25, 0.3) is 0 Å². The van der Waals surface area contributed by atoms with Crippen molar-refractivity contribution in [2.45, 2.75) is 52.4 Å². The number of rotatable bonds is 6. The molecule has 1 aromatic heterocycles. The second-order valence-electron chi connectivity index (χ2n) is 6.44. The third-order valence-electron chi connectivity index (χ3n) is 4.08. The summed E-state index contributed by atoms with van der Waals surface area (Å²) in [5, 5.41) is 5.50. The van der Waals surface area contributed by atoms with Crippen molar-refractivity contribution >= 4 is 22.4 Å². The highest BCUT2D eigenvalue weighted by atomic mass is 32.1. The number of thiazole rings is 1. The molecule has 1 amide bonds. The van der Waals surface area contributed by atoms with Gasteiger partial charge in [-0.3, -0.25) is 4.79 Å². The van der Waals surface area contributed by atoms with E-state index >= 15 is 0 Å². The lowest BCUT2D eigenvalue weighted by atomic mass is 9.78. The molecule has 1 aromatic rings. The van der Waals surface area contributed by atoms with E-state index in [1.165, 1.54) is 43.4 Å². The molecule has 0 radical (unpaired) electrons. The topological polar surface area (TPSA) is 68.0 Å². The average Bonchev–Trinajstić information content (AvgIpc) is 2.96. The van der Waals surface area contributed by atoms with Crippen molar-refractivity contribution in [2.24, 2.45) is 11.3 Å². The third kappa shape index (κ3) is 4.20. The average molecular weight is 295 g/mol. The van der Waals surface area contributed by atoms with Gasteiger partial charge in [-0.15, -0.1) is 11.3 Å². The Kier molecular flexibility index (Phi) is 5.02. The van der Waals surface area contributed by atoms with Crippen LogP contribution in [0, 0.1) is 11.3 Å². The number of nitrogens with two attached hydrogens (primary N) is 1. The number of nitrogen functional groups attached to an aromatic ring is 1. The Morgan fingerprint density at radius 1 is 1.50 bits per heavy atom. The van der Waals surface area contributed by atoms with E-state index in [4.69, 9.17) is 5.73 Å². The van der Waals surface area contributed by atoms with Crippen LogP contribution in [0.5, 0.6) is 0 Å². The molecule has 1 heterocycles. The van der Waals surface area contributed by atoms with Crippen molar-refractivity contribution in [1.29, 1.82) is 0 Å². The fourth-order valence-electron chi connectivity index (χ4n) is 3.36. The molecule has 1 aliphatic carbocycles. The fourth-order valence-corrected chi connectivity index (χ4v) is 3.92. The molecule has 1 fully saturated rings. The van der Waals surface area contributed by atoms with Crippen molar-refractivity contribution in [3.8, 4) is 0 Å². The monoisotopic (exact) mass is 295 g/mol. The van der Waals surface area contributed by atoms with Crippen molar-refractivity contribution < 1.29 is 4.79 Å². The van der Waals surface area contributed by atoms with Crippen molar-refractivity contribution in [1.82, 2.24) is 10.3 Å². The largest absolute Gasteiger partial charge is 0.375 e. The van der Waals surface area contributed by atoms with Crippen LogP contribution < -0.4 is 11.1 Å². The normalized spacial score (nSPS) is 17.6. The van der Waals surface area contributed by atoms with Gasteiger partial charge in [-0.25, -0.2) is 4.98 Å². The zero-order chi connectivity index (χ0) is 14.6. The van der Waals surface area contributed by atoms with Crippen LogP contribution in [-0.2, 0) is 11.2 Å². The molecule has 0 bridgehead atoms. The standard InChI is InChI=1S/C15H25N3OS/c1-11(2)8-15(5-3-4-6-15)10-17-13(19)7-12-9-20-14(16)18-12/h9,11H,3-8,10H2,1-2H3,(H2,16,18)(H,17,19). The number of anilines is 1. The zero-order valence-electron chi connectivity index (χ0n) is 12.4. The Hall–Kier alpha value is -1.10. The number of carbonyl (C=O) groups is 1. The Morgan fingerprint density at radius 3 is 2.75 bits per heavy atom. The number of carbonyl (C=O) groups excluding carboxylic acids is 1. The SMILES string of the molecule is CC(C)CC1(CNC(=O)Cc2csc(N)n2)CCCC1. The first-order valence-electron chi connectivity index (χ1n) is 7.46. The molecule has 0 unspecified atom stereocenters. The first-order valence-corrected chi connectivity index (χ1v) is 8.34. The van der Waals surface area contributed by atoms with Gasteiger partial charge in [-0.1, -0.05) is 26.7 Å². The second kappa shape index (κ2) is 6.57. The molecule has 1 saturated carbocycles. The highest BCUT2D eigenvalue weighted by Crippen LogP contribution is 2.42. The van der Waals surface area contributed by atoms with Crippen molar-refractivity contribution in [3.05, 3.63) is 11.1 Å². The summed E-state index contributed by atoms with van der Waals surface area (Å²) in [6.07, 6.45) is 6.63. The molecule has 3 N–H and O–H groups in total. The van der Waals surface area contributed by atoms with E-state index in [9.17, 15) is 4.79 Å². The number of aromatic nitrogens is 1. The molecule has 2 rings (SSSR count). The molecule has 0 aromatic carbocycles. The Balaban J connectivity index is 1.84. The summed E-state index contributed by atoms with van der Waals surface area (Å²) in [5.74, 6) is 0.744. The molecular formula is C15H25N3OS. The number of amides is 1. The first-order chi connectivity index (χ1) is 9.49. The Morgan fingerprint density at radius 2 is 2.20 bits per heavy atom. The Labute approximate surface area is 125 Å². The number of nitrogens with zero attached hydrogens (tertiary/aromatic N) is 1. The van der Waals surface area contributed by atoms with E-state index < -0.39 is 0 Å². The molecule has 20 heavy (non-hydrogen) atoms. The van der Waals surface area contributed by atoms with Crippen LogP contribution in [0.15, 0.2) is 5.38 Å². The van der Waals surface area contributed by atoms with Crippen LogP contribution in [0.25, 0.3) is 0 Å². The van der Waals surface area contributed by atoms with Crippen LogP contribution >= 0.6 is 11.3 Å². The summed E-state index contributed by atoms with van der Waals surface area (Å²) in [5.41, 5.74) is 6.68. The van der Waals surface area contributed by atoms with Gasteiger partial charge in [0.15, 0.2) is 5.13 Å². The molecule has 5 heteroatoms. The predicted molar refractivity (Wildman–Crippen MR) is 83.6 cm³/mol. The molecule has 112 valence electrons. The number of hydrogen-bond acceptors (Lipinski definition) is 4. The van der Waals surface area contributed by atoms with E-state index in [2.05, 4.69) is 24.1 Å². The summed E-state index contributed by atoms with van der Waals surface area (Å²) in [7, 11) is 0. The zero-order valence-corrected chi connectivity index (χ0v) is 13.3. The summed E-state index contributed by atoms with van der Waals surface area (Å²) in [6.45, 7) is 5.34. The maximum absolute atomic E-state index is 12.0. The minimum Gasteiger partial charge on any atom is -0.375 e. The van der Waals surface area contributed by atoms with Crippen LogP contribution in [0.1, 0.15) is 51.6 Å². The maximum Gasteiger partial charge on any atom is 0.226 e. The van der Waals surface area contributed by atoms with E-state index in [1.54, 1.807) is 0 Å².